The Morgan fingerprint density at radius 1 is 0.737 bits per heavy atom. The number of hydrogen-bond donors (Lipinski definition) is 2. The van der Waals surface area contributed by atoms with Gasteiger partial charge in [-0.2, -0.15) is 26.3 Å². The number of nitrogens with zero attached hydrogens (tertiary/aromatic N) is 2. The van der Waals surface area contributed by atoms with Crippen molar-refractivity contribution in [2.75, 3.05) is 13.2 Å². The zero-order valence-corrected chi connectivity index (χ0v) is 32.3. The van der Waals surface area contributed by atoms with Crippen molar-refractivity contribution < 1.29 is 54.8 Å². The van der Waals surface area contributed by atoms with E-state index in [0.717, 1.165) is 44.8 Å². The van der Waals surface area contributed by atoms with Crippen LogP contribution in [-0.4, -0.2) is 59.3 Å². The molecule has 6 rings (SSSR count). The number of hydrogen-bond acceptors (Lipinski definition) is 9. The van der Waals surface area contributed by atoms with Crippen molar-refractivity contribution in [1.82, 2.24) is 15.3 Å². The van der Waals surface area contributed by atoms with Crippen molar-refractivity contribution in [3.63, 3.8) is 0 Å². The molecule has 2 unspecified atom stereocenters. The Bertz CT molecular complexity index is 2020. The number of aromatic nitrogens is 2. The number of aryl methyl sites for hydroxylation is 2. The van der Waals surface area contributed by atoms with Gasteiger partial charge in [0.15, 0.2) is 0 Å². The topological polar surface area (TPSA) is 127 Å². The van der Waals surface area contributed by atoms with Crippen LogP contribution in [0, 0.1) is 13.8 Å². The monoisotopic (exact) mass is 804 g/mol. The summed E-state index contributed by atoms with van der Waals surface area (Å²) in [5.41, 5.74) is 12.7. The summed E-state index contributed by atoms with van der Waals surface area (Å²) >= 11 is 0. The number of nitrogens with two attached hydrogens (primary N) is 1. The maximum absolute atomic E-state index is 12.7. The van der Waals surface area contributed by atoms with Gasteiger partial charge in [-0.3, -0.25) is 9.97 Å². The number of alkyl carbamates (subject to hydrolysis) is 1. The third-order valence-corrected chi connectivity index (χ3v) is 8.71. The second-order valence-electron chi connectivity index (χ2n) is 14.9. The van der Waals surface area contributed by atoms with Gasteiger partial charge in [0.25, 0.3) is 0 Å². The predicted molar refractivity (Wildman–Crippen MR) is 200 cm³/mol. The third-order valence-electron chi connectivity index (χ3n) is 8.71. The molecular weight excluding hydrogens is 758 g/mol. The molecule has 308 valence electrons. The lowest BCUT2D eigenvalue weighted by Crippen LogP contribution is -2.42. The zero-order chi connectivity index (χ0) is 41.5. The van der Waals surface area contributed by atoms with Crippen LogP contribution < -0.4 is 30.0 Å². The number of carbonyl (C=O) groups is 1. The molecule has 0 saturated heterocycles. The molecular formula is C41H46F6N4O6. The number of nitrogens with one attached hydrogen (secondary N) is 1. The number of pyridine rings is 2. The van der Waals surface area contributed by atoms with Crippen LogP contribution in [0.5, 0.6) is 23.0 Å². The lowest BCUT2D eigenvalue weighted by Gasteiger charge is -2.25. The van der Waals surface area contributed by atoms with E-state index in [-0.39, 0.29) is 26.1 Å². The summed E-state index contributed by atoms with van der Waals surface area (Å²) in [6.45, 7) is 9.53. The maximum atomic E-state index is 12.7. The molecule has 0 saturated carbocycles. The molecule has 0 spiro atoms. The highest BCUT2D eigenvalue weighted by Gasteiger charge is 2.30. The standard InChI is InChI=1S/C23H27F3N2O4.C18H19F3N2O2/c1-14-9-19-15(11-27-14)12-31-20-10-17(5-6-18(19)20)30-13-16(7-8-23(24,25)26)28-21(29)32-22(2,3)4;1-11-6-16-12(8-23-11)9-25-17-7-14(2-3-15(16)17)24-10-13(22)4-5-18(19,20)21/h5-6,9-11,16H,7-8,12-13H2,1-4H3,(H,28,29);2-3,6-8,13H,4-5,9-10,22H2,1H3. The Balaban J connectivity index is 0.000000224. The molecule has 10 nitrogen and oxygen atoms in total. The first kappa shape index (κ1) is 42.9. The Hall–Kier alpha value is -5.25. The molecule has 57 heavy (non-hydrogen) atoms. The highest BCUT2D eigenvalue weighted by Crippen LogP contribution is 2.41. The average molecular weight is 805 g/mol. The molecule has 16 heteroatoms. The minimum Gasteiger partial charge on any atom is -0.492 e. The van der Waals surface area contributed by atoms with E-state index in [9.17, 15) is 31.1 Å². The Morgan fingerprint density at radius 3 is 1.68 bits per heavy atom. The lowest BCUT2D eigenvalue weighted by atomic mass is 9.98. The fourth-order valence-electron chi connectivity index (χ4n) is 5.93. The smallest absolute Gasteiger partial charge is 0.407 e. The van der Waals surface area contributed by atoms with E-state index < -0.39 is 49.0 Å². The number of alkyl halides is 6. The van der Waals surface area contributed by atoms with Crippen LogP contribution in [0.3, 0.4) is 0 Å². The fraction of sp³-hybridized carbons (Fsp3) is 0.439. The van der Waals surface area contributed by atoms with Crippen LogP contribution in [0.15, 0.2) is 60.9 Å². The normalized spacial score (nSPS) is 14.1. The molecule has 2 atom stereocenters. The van der Waals surface area contributed by atoms with Gasteiger partial charge in [0.2, 0.25) is 0 Å². The first-order valence-corrected chi connectivity index (χ1v) is 18.3. The van der Waals surface area contributed by atoms with Crippen LogP contribution in [0.4, 0.5) is 31.1 Å². The van der Waals surface area contributed by atoms with Crippen molar-refractivity contribution in [2.24, 2.45) is 5.73 Å². The summed E-state index contributed by atoms with van der Waals surface area (Å²) in [6, 6.07) is 13.1. The molecule has 4 heterocycles. The fourth-order valence-corrected chi connectivity index (χ4v) is 5.93. The van der Waals surface area contributed by atoms with Gasteiger partial charge in [0, 0.05) is 77.1 Å². The molecule has 1 amide bonds. The number of ether oxygens (including phenoxy) is 5. The van der Waals surface area contributed by atoms with Gasteiger partial charge >= 0.3 is 18.4 Å². The van der Waals surface area contributed by atoms with Crippen molar-refractivity contribution in [3.05, 3.63) is 83.4 Å². The summed E-state index contributed by atoms with van der Waals surface area (Å²) in [6.07, 6.45) is -8.19. The van der Waals surface area contributed by atoms with E-state index in [0.29, 0.717) is 36.2 Å². The van der Waals surface area contributed by atoms with Crippen LogP contribution >= 0.6 is 0 Å². The number of fused-ring (bicyclic) bond motifs is 6. The Morgan fingerprint density at radius 2 is 1.21 bits per heavy atom. The highest BCUT2D eigenvalue weighted by atomic mass is 19.4. The Kier molecular flexibility index (Phi) is 13.5. The predicted octanol–water partition coefficient (Wildman–Crippen LogP) is 9.56. The summed E-state index contributed by atoms with van der Waals surface area (Å²) in [4.78, 5) is 20.6. The van der Waals surface area contributed by atoms with E-state index in [1.54, 1.807) is 57.4 Å². The SMILES string of the molecule is Cc1cc2c(cn1)COc1cc(OCC(CCC(F)(F)F)NC(=O)OC(C)(C)C)ccc1-2.Cc1cc2c(cn1)COc1cc(OCC(N)CCC(F)(F)F)ccc1-2. The van der Waals surface area contributed by atoms with E-state index in [2.05, 4.69) is 15.3 Å². The van der Waals surface area contributed by atoms with Crippen molar-refractivity contribution in [3.8, 4) is 45.3 Å². The molecule has 0 aliphatic carbocycles. The second-order valence-corrected chi connectivity index (χ2v) is 14.9. The van der Waals surface area contributed by atoms with Crippen LogP contribution in [0.2, 0.25) is 0 Å². The van der Waals surface area contributed by atoms with E-state index in [1.165, 1.54) is 0 Å². The molecule has 2 aliphatic heterocycles. The largest absolute Gasteiger partial charge is 0.492 e. The van der Waals surface area contributed by atoms with Crippen LogP contribution in [0.25, 0.3) is 22.3 Å². The van der Waals surface area contributed by atoms with Crippen molar-refractivity contribution in [2.45, 2.75) is 104 Å². The molecule has 4 aromatic rings. The van der Waals surface area contributed by atoms with Gasteiger partial charge in [-0.25, -0.2) is 4.79 Å². The van der Waals surface area contributed by atoms with Crippen molar-refractivity contribution in [1.29, 1.82) is 0 Å². The van der Waals surface area contributed by atoms with Gasteiger partial charge in [0.05, 0.1) is 6.04 Å². The third kappa shape index (κ3) is 13.2. The van der Waals surface area contributed by atoms with E-state index >= 15 is 0 Å². The van der Waals surface area contributed by atoms with E-state index in [4.69, 9.17) is 29.4 Å². The summed E-state index contributed by atoms with van der Waals surface area (Å²) < 4.78 is 103. The molecule has 0 bridgehead atoms. The van der Waals surface area contributed by atoms with Crippen molar-refractivity contribution >= 4 is 6.09 Å². The molecule has 3 N–H and O–H groups in total. The summed E-state index contributed by atoms with van der Waals surface area (Å²) in [5, 5.41) is 2.47. The number of amides is 1. The number of rotatable bonds is 11. The number of halogens is 6. The molecule has 0 fully saturated rings. The average Bonchev–Trinajstić information content (AvgIpc) is 3.12. The van der Waals surface area contributed by atoms with Gasteiger partial charge in [-0.15, -0.1) is 0 Å². The Labute approximate surface area is 327 Å². The molecule has 0 radical (unpaired) electrons. The van der Waals surface area contributed by atoms with Crippen LogP contribution in [-0.2, 0) is 18.0 Å². The minimum atomic E-state index is -4.34. The first-order chi connectivity index (χ1) is 26.7. The lowest BCUT2D eigenvalue weighted by molar-refractivity contribution is -0.137. The number of carbonyl (C=O) groups excluding carboxylic acids is 1. The second kappa shape index (κ2) is 17.9. The van der Waals surface area contributed by atoms with Gasteiger partial charge in [0.1, 0.15) is 55.0 Å². The van der Waals surface area contributed by atoms with Crippen LogP contribution in [0.1, 0.15) is 69.0 Å². The molecule has 2 aromatic heterocycles. The number of benzene rings is 2. The zero-order valence-electron chi connectivity index (χ0n) is 32.3. The quantitative estimate of drug-likeness (QED) is 0.143. The first-order valence-electron chi connectivity index (χ1n) is 18.3. The highest BCUT2D eigenvalue weighted by molar-refractivity contribution is 5.77. The maximum Gasteiger partial charge on any atom is 0.407 e. The van der Waals surface area contributed by atoms with Gasteiger partial charge in [-0.05, 0) is 95.0 Å². The molecule has 2 aliphatic rings. The van der Waals surface area contributed by atoms with Gasteiger partial charge in [-0.1, -0.05) is 0 Å². The van der Waals surface area contributed by atoms with Gasteiger partial charge < -0.3 is 34.7 Å². The summed E-state index contributed by atoms with van der Waals surface area (Å²) in [5.74, 6) is 2.25. The minimum absolute atomic E-state index is 0.0223. The molecule has 2 aromatic carbocycles. The summed E-state index contributed by atoms with van der Waals surface area (Å²) in [7, 11) is 0. The van der Waals surface area contributed by atoms with E-state index in [1.807, 2.05) is 38.1 Å².